The van der Waals surface area contributed by atoms with Crippen molar-refractivity contribution in [2.75, 3.05) is 39.3 Å². The van der Waals surface area contributed by atoms with E-state index in [1.165, 1.54) is 0 Å². The fraction of sp³-hybridized carbons (Fsp3) is 0.600. The summed E-state index contributed by atoms with van der Waals surface area (Å²) < 4.78 is 8.77. The van der Waals surface area contributed by atoms with E-state index in [4.69, 9.17) is 29.5 Å². The predicted molar refractivity (Wildman–Crippen MR) is 70.2 cm³/mol. The number of carbonyl (C=O) groups excluding carboxylic acids is 2. The van der Waals surface area contributed by atoms with Crippen molar-refractivity contribution >= 4 is 31.7 Å². The number of rotatable bonds is 11. The zero-order valence-corrected chi connectivity index (χ0v) is 23.7. The van der Waals surface area contributed by atoms with Gasteiger partial charge in [0.1, 0.15) is 0 Å². The van der Waals surface area contributed by atoms with Crippen LogP contribution in [-0.4, -0.2) is 92.9 Å². The molecular weight excluding hydrogens is 456 g/mol. The van der Waals surface area contributed by atoms with Gasteiger partial charge in [-0.1, -0.05) is 0 Å². The normalized spacial score (nSPS) is 9.75. The van der Waals surface area contributed by atoms with Crippen molar-refractivity contribution in [3.05, 3.63) is 0 Å². The molecule has 18 heteroatoms. The minimum Gasteiger partial charge on any atom is -0.756 e. The Morgan fingerprint density at radius 1 is 0.750 bits per heavy atom. The first-order chi connectivity index (χ1) is 11.2. The molecule has 0 aromatic heterocycles. The Labute approximate surface area is 246 Å². The van der Waals surface area contributed by atoms with Crippen molar-refractivity contribution in [3.63, 3.8) is 0 Å². The Kier molecular flexibility index (Phi) is 31.1. The van der Waals surface area contributed by atoms with Crippen LogP contribution >= 0.6 is 7.82 Å². The molecule has 146 valence electrons. The molecule has 28 heavy (non-hydrogen) atoms. The van der Waals surface area contributed by atoms with Gasteiger partial charge in [0.05, 0.1) is 25.0 Å². The summed E-state index contributed by atoms with van der Waals surface area (Å²) in [6.07, 6.45) is 0. The third-order valence-corrected chi connectivity index (χ3v) is 2.16. The Balaban J connectivity index is -0.000000195. The Bertz CT molecular complexity index is 458. The third kappa shape index (κ3) is 38.2. The van der Waals surface area contributed by atoms with Crippen LogP contribution in [0.25, 0.3) is 0 Å². The quantitative estimate of drug-likeness (QED) is 0.161. The molecule has 0 aromatic carbocycles. The first-order valence-corrected chi connectivity index (χ1v) is 7.78. The monoisotopic (exact) mass is 472 g/mol. The van der Waals surface area contributed by atoms with Crippen molar-refractivity contribution in [2.45, 2.75) is 0 Å². The summed E-state index contributed by atoms with van der Waals surface area (Å²) >= 11 is 0. The number of carbonyl (C=O) groups is 4. The van der Waals surface area contributed by atoms with Crippen molar-refractivity contribution in [1.82, 2.24) is 9.80 Å². The Morgan fingerprint density at radius 3 is 1.14 bits per heavy atom. The van der Waals surface area contributed by atoms with Crippen molar-refractivity contribution in [1.29, 1.82) is 0 Å². The number of nitrogens with zero attached hydrogens (tertiary/aromatic N) is 2. The maximum Gasteiger partial charge on any atom is 1.00 e. The number of hydrogen-bond donors (Lipinski definition) is 4. The molecule has 0 unspecified atom stereocenters. The van der Waals surface area contributed by atoms with E-state index in [9.17, 15) is 29.4 Å². The second kappa shape index (κ2) is 21.8. The van der Waals surface area contributed by atoms with Crippen molar-refractivity contribution in [3.8, 4) is 0 Å². The molecule has 0 aliphatic rings. The van der Waals surface area contributed by atoms with Gasteiger partial charge in [-0.2, -0.15) is 0 Å². The molecule has 14 nitrogen and oxygen atoms in total. The molecule has 0 saturated carbocycles. The topological polar surface area (TPSA) is 242 Å². The molecule has 0 fully saturated rings. The molecule has 0 spiro atoms. The van der Waals surface area contributed by atoms with Gasteiger partial charge in [0.2, 0.25) is 0 Å². The van der Waals surface area contributed by atoms with Gasteiger partial charge in [0.15, 0.2) is 0 Å². The number of carboxylic acids is 4. The summed E-state index contributed by atoms with van der Waals surface area (Å²) in [6, 6.07) is 0. The summed E-state index contributed by atoms with van der Waals surface area (Å²) in [7, 11) is -4.89. The van der Waals surface area contributed by atoms with Gasteiger partial charge in [-0.25, -0.2) is 0 Å². The molecule has 0 bridgehead atoms. The molecule has 0 aliphatic carbocycles. The maximum atomic E-state index is 10.5. The molecule has 4 N–H and O–H groups in total. The molecule has 0 atom stereocenters. The van der Waals surface area contributed by atoms with Crippen LogP contribution in [0.4, 0.5) is 0 Å². The Hall–Kier alpha value is 1.55. The van der Waals surface area contributed by atoms with E-state index < -0.39 is 57.9 Å². The largest absolute Gasteiger partial charge is 1.00 e. The van der Waals surface area contributed by atoms with E-state index in [-0.39, 0.29) is 124 Å². The second-order valence-electron chi connectivity index (χ2n) is 4.44. The Morgan fingerprint density at radius 2 is 0.964 bits per heavy atom. The molecule has 0 amide bonds. The summed E-state index contributed by atoms with van der Waals surface area (Å²) in [5, 5.41) is 38.0. The van der Waals surface area contributed by atoms with Gasteiger partial charge in [-0.3, -0.25) is 24.0 Å². The molecule has 0 rings (SSSR count). The van der Waals surface area contributed by atoms with Crippen LogP contribution in [0.5, 0.6) is 0 Å². The number of phosphoric acid groups is 1. The molecule has 0 saturated heterocycles. The van der Waals surface area contributed by atoms with E-state index in [0.29, 0.717) is 0 Å². The second-order valence-corrected chi connectivity index (χ2v) is 5.42. The van der Waals surface area contributed by atoms with Gasteiger partial charge in [0.25, 0.3) is 7.82 Å². The van der Waals surface area contributed by atoms with Crippen LogP contribution in [0.2, 0.25) is 0 Å². The molecule has 0 aliphatic heterocycles. The first-order valence-electron chi connectivity index (χ1n) is 6.25. The molecule has 0 aromatic rings. The minimum atomic E-state index is -4.89. The van der Waals surface area contributed by atoms with E-state index >= 15 is 0 Å². The van der Waals surface area contributed by atoms with Crippen molar-refractivity contribution in [2.24, 2.45) is 0 Å². The molecule has 0 heterocycles. The predicted octanol–water partition coefficient (Wildman–Crippen LogP) is -15.3. The van der Waals surface area contributed by atoms with Gasteiger partial charge in [-0.05, 0) is 0 Å². The zero-order valence-electron chi connectivity index (χ0n) is 15.6. The van der Waals surface area contributed by atoms with E-state index in [0.717, 1.165) is 9.80 Å². The van der Waals surface area contributed by atoms with Crippen molar-refractivity contribution < 1.29 is 169 Å². The standard InChI is InChI=1S/C10H16N2O8.K.2Na.H3O4P/c13-7(14)3-11(4-8(15)16)1-2-12(5-9(17)18)6-10(19)20;;;;1-5(2,3)4/h1-6H2,(H,13,14)(H,15,16)(H,17,18)(H,19,20);;;;(H3,1,2,3,4)/q;3*+1;/p-3. The van der Waals surface area contributed by atoms with Crippen LogP contribution in [0.1, 0.15) is 0 Å². The SMILES string of the molecule is O=C([O-])CN(CCN(CC(=O)O)CC(=O)O)CC(=O)[O-].O=P([O-])(O)O.[K+].[Na+].[Na+]. The minimum absolute atomic E-state index is 0. The van der Waals surface area contributed by atoms with E-state index in [1.807, 2.05) is 0 Å². The van der Waals surface area contributed by atoms with E-state index in [2.05, 4.69) is 0 Å². The third-order valence-electron chi connectivity index (χ3n) is 2.16. The summed E-state index contributed by atoms with van der Waals surface area (Å²) in [6.45, 7) is -2.75. The fourth-order valence-corrected chi connectivity index (χ4v) is 1.46. The van der Waals surface area contributed by atoms with Crippen LogP contribution in [-0.2, 0) is 23.7 Å². The first kappa shape index (κ1) is 40.0. The maximum absolute atomic E-state index is 10.5. The molecule has 0 radical (unpaired) electrons. The van der Waals surface area contributed by atoms with Gasteiger partial charge < -0.3 is 44.7 Å². The fourth-order valence-electron chi connectivity index (χ4n) is 1.46. The van der Waals surface area contributed by atoms with Gasteiger partial charge in [0, 0.05) is 26.2 Å². The number of carboxylic acid groups (broad SMARTS) is 4. The smallest absolute Gasteiger partial charge is 0.756 e. The van der Waals surface area contributed by atoms with Crippen LogP contribution < -0.4 is 126 Å². The van der Waals surface area contributed by atoms with E-state index in [1.54, 1.807) is 0 Å². The van der Waals surface area contributed by atoms with Gasteiger partial charge >= 0.3 is 122 Å². The summed E-state index contributed by atoms with van der Waals surface area (Å²) in [5.74, 6) is -5.52. The average molecular weight is 472 g/mol. The molecular formula is C10H16KN2Na2O12P. The number of aliphatic carboxylic acids is 4. The van der Waals surface area contributed by atoms with Gasteiger partial charge in [-0.15, -0.1) is 0 Å². The average Bonchev–Trinajstić information content (AvgIpc) is 2.30. The van der Waals surface area contributed by atoms with Crippen LogP contribution in [0, 0.1) is 0 Å². The summed E-state index contributed by atoms with van der Waals surface area (Å²) in [4.78, 5) is 66.8. The number of hydrogen-bond acceptors (Lipinski definition) is 10. The zero-order chi connectivity index (χ0) is 20.2. The van der Waals surface area contributed by atoms with Crippen LogP contribution in [0.3, 0.4) is 0 Å². The van der Waals surface area contributed by atoms with Crippen LogP contribution in [0.15, 0.2) is 0 Å². The summed E-state index contributed by atoms with van der Waals surface area (Å²) in [5.41, 5.74) is 0.